The maximum Gasteiger partial charge on any atom is 0.308 e. The molecule has 4 rings (SSSR count). The molecular weight excluding hydrogens is 384 g/mol. The first kappa shape index (κ1) is 20.9. The van der Waals surface area contributed by atoms with Gasteiger partial charge in [-0.2, -0.15) is 0 Å². The first-order valence-electron chi connectivity index (χ1n) is 10.9. The molecule has 0 amide bonds. The van der Waals surface area contributed by atoms with E-state index in [0.29, 0.717) is 29.3 Å². The summed E-state index contributed by atoms with van der Waals surface area (Å²) in [6.45, 7) is 6.53. The minimum absolute atomic E-state index is 0.00359. The molecule has 162 valence electrons. The minimum atomic E-state index is -0.395. The van der Waals surface area contributed by atoms with E-state index in [9.17, 15) is 14.4 Å². The smallest absolute Gasteiger partial charge is 0.308 e. The number of carbonyl (C=O) groups is 3. The molecular formula is C24H30O6. The Labute approximate surface area is 177 Å². The summed E-state index contributed by atoms with van der Waals surface area (Å²) in [6.07, 6.45) is 5.78. The average molecular weight is 414 g/mol. The van der Waals surface area contributed by atoms with Gasteiger partial charge in [0.15, 0.2) is 0 Å². The van der Waals surface area contributed by atoms with Crippen LogP contribution >= 0.6 is 0 Å². The van der Waals surface area contributed by atoms with Crippen LogP contribution in [-0.4, -0.2) is 24.0 Å². The maximum atomic E-state index is 11.8. The number of fused-ring (bicyclic) bond motifs is 5. The summed E-state index contributed by atoms with van der Waals surface area (Å²) in [5.74, 6) is 1.20. The van der Waals surface area contributed by atoms with Gasteiger partial charge >= 0.3 is 17.9 Å². The number of hydrogen-bond donors (Lipinski definition) is 0. The Balaban J connectivity index is 1.69. The van der Waals surface area contributed by atoms with Gasteiger partial charge in [0.05, 0.1) is 0 Å². The molecule has 0 saturated heterocycles. The number of aryl methyl sites for hydroxylation is 1. The highest BCUT2D eigenvalue weighted by atomic mass is 16.5. The van der Waals surface area contributed by atoms with Crippen molar-refractivity contribution in [3.63, 3.8) is 0 Å². The topological polar surface area (TPSA) is 78.9 Å². The molecule has 1 aromatic rings. The molecule has 3 aliphatic rings. The molecule has 6 heteroatoms. The highest BCUT2D eigenvalue weighted by Gasteiger charge is 2.56. The van der Waals surface area contributed by atoms with E-state index in [1.807, 2.05) is 6.07 Å². The summed E-state index contributed by atoms with van der Waals surface area (Å²) in [5, 5.41) is 0. The fraction of sp³-hybridized carbons (Fsp3) is 0.625. The predicted molar refractivity (Wildman–Crippen MR) is 109 cm³/mol. The number of ether oxygens (including phenoxy) is 3. The molecule has 0 bridgehead atoms. The molecule has 0 heterocycles. The zero-order valence-electron chi connectivity index (χ0n) is 18.2. The fourth-order valence-electron chi connectivity index (χ4n) is 6.46. The molecule has 0 spiro atoms. The van der Waals surface area contributed by atoms with E-state index in [2.05, 4.69) is 6.92 Å². The Morgan fingerprint density at radius 2 is 1.67 bits per heavy atom. The Morgan fingerprint density at radius 3 is 2.33 bits per heavy atom. The second-order valence-electron chi connectivity index (χ2n) is 9.32. The molecule has 2 fully saturated rings. The van der Waals surface area contributed by atoms with Crippen molar-refractivity contribution < 1.29 is 28.6 Å². The van der Waals surface area contributed by atoms with Crippen molar-refractivity contribution >= 4 is 17.9 Å². The van der Waals surface area contributed by atoms with Crippen molar-refractivity contribution in [1.29, 1.82) is 0 Å². The lowest BCUT2D eigenvalue weighted by atomic mass is 9.55. The van der Waals surface area contributed by atoms with Crippen molar-refractivity contribution in [3.05, 3.63) is 23.3 Å². The molecule has 3 aliphatic carbocycles. The zero-order valence-corrected chi connectivity index (χ0v) is 18.2. The van der Waals surface area contributed by atoms with Crippen molar-refractivity contribution in [3.8, 4) is 11.5 Å². The Hall–Kier alpha value is -2.37. The Kier molecular flexibility index (Phi) is 5.37. The van der Waals surface area contributed by atoms with Crippen LogP contribution in [0.4, 0.5) is 0 Å². The normalized spacial score (nSPS) is 31.7. The number of benzene rings is 1. The van der Waals surface area contributed by atoms with Gasteiger partial charge in [0, 0.05) is 37.8 Å². The number of rotatable bonds is 3. The van der Waals surface area contributed by atoms with Crippen molar-refractivity contribution in [2.45, 2.75) is 78.2 Å². The van der Waals surface area contributed by atoms with E-state index in [1.165, 1.54) is 20.8 Å². The van der Waals surface area contributed by atoms with Crippen LogP contribution in [0.2, 0.25) is 0 Å². The van der Waals surface area contributed by atoms with Gasteiger partial charge in [0.1, 0.15) is 17.6 Å². The van der Waals surface area contributed by atoms with Gasteiger partial charge < -0.3 is 14.2 Å². The third-order valence-corrected chi connectivity index (χ3v) is 7.49. The van der Waals surface area contributed by atoms with Gasteiger partial charge in [-0.1, -0.05) is 6.92 Å². The van der Waals surface area contributed by atoms with Crippen molar-refractivity contribution in [1.82, 2.24) is 0 Å². The highest BCUT2D eigenvalue weighted by molar-refractivity contribution is 5.72. The molecule has 0 radical (unpaired) electrons. The van der Waals surface area contributed by atoms with Crippen LogP contribution in [0.5, 0.6) is 11.5 Å². The van der Waals surface area contributed by atoms with E-state index >= 15 is 0 Å². The molecule has 0 N–H and O–H groups in total. The summed E-state index contributed by atoms with van der Waals surface area (Å²) >= 11 is 0. The lowest BCUT2D eigenvalue weighted by Gasteiger charge is -2.50. The molecule has 2 saturated carbocycles. The van der Waals surface area contributed by atoms with E-state index < -0.39 is 5.97 Å². The number of esters is 3. The van der Waals surface area contributed by atoms with Crippen LogP contribution in [0.15, 0.2) is 12.1 Å². The summed E-state index contributed by atoms with van der Waals surface area (Å²) in [4.78, 5) is 34.8. The van der Waals surface area contributed by atoms with Gasteiger partial charge in [0.2, 0.25) is 0 Å². The van der Waals surface area contributed by atoms with E-state index in [-0.39, 0.29) is 23.5 Å². The van der Waals surface area contributed by atoms with Gasteiger partial charge in [-0.15, -0.1) is 0 Å². The van der Waals surface area contributed by atoms with Crippen molar-refractivity contribution in [2.75, 3.05) is 0 Å². The van der Waals surface area contributed by atoms with Crippen LogP contribution in [0.1, 0.15) is 76.8 Å². The number of hydrogen-bond acceptors (Lipinski definition) is 6. The van der Waals surface area contributed by atoms with Gasteiger partial charge in [-0.3, -0.25) is 14.4 Å². The first-order chi connectivity index (χ1) is 14.2. The SMILES string of the molecule is CC(=O)Oc1cc2c(c(OC(C)=O)c1)[C@H]1CC[C@]3(C)C(OC(C)=O)CC[C@H]3[C@@H]1CC2. The van der Waals surface area contributed by atoms with E-state index in [0.717, 1.165) is 49.7 Å². The lowest BCUT2D eigenvalue weighted by Crippen LogP contribution is -2.45. The summed E-state index contributed by atoms with van der Waals surface area (Å²) < 4.78 is 16.6. The van der Waals surface area contributed by atoms with Crippen LogP contribution in [0, 0.1) is 17.3 Å². The maximum absolute atomic E-state index is 11.8. The molecule has 6 nitrogen and oxygen atoms in total. The van der Waals surface area contributed by atoms with Crippen LogP contribution in [0.25, 0.3) is 0 Å². The predicted octanol–water partition coefficient (Wildman–Crippen LogP) is 4.33. The van der Waals surface area contributed by atoms with Crippen LogP contribution in [-0.2, 0) is 25.5 Å². The number of carbonyl (C=O) groups excluding carboxylic acids is 3. The summed E-state index contributed by atoms with van der Waals surface area (Å²) in [6, 6.07) is 3.60. The first-order valence-corrected chi connectivity index (χ1v) is 10.9. The Morgan fingerprint density at radius 1 is 0.933 bits per heavy atom. The minimum Gasteiger partial charge on any atom is -0.462 e. The van der Waals surface area contributed by atoms with Crippen LogP contribution in [0.3, 0.4) is 0 Å². The lowest BCUT2D eigenvalue weighted by molar-refractivity contribution is -0.154. The van der Waals surface area contributed by atoms with Gasteiger partial charge in [-0.25, -0.2) is 0 Å². The monoisotopic (exact) mass is 414 g/mol. The molecule has 5 atom stereocenters. The highest BCUT2D eigenvalue weighted by Crippen LogP contribution is 2.62. The molecule has 1 aromatic carbocycles. The summed E-state index contributed by atoms with van der Waals surface area (Å²) in [5.41, 5.74) is 2.20. The third-order valence-electron chi connectivity index (χ3n) is 7.49. The van der Waals surface area contributed by atoms with Gasteiger partial charge in [-0.05, 0) is 67.9 Å². The molecule has 30 heavy (non-hydrogen) atoms. The second kappa shape index (κ2) is 7.71. The van der Waals surface area contributed by atoms with Crippen molar-refractivity contribution in [2.24, 2.45) is 17.3 Å². The quantitative estimate of drug-likeness (QED) is 0.541. The Bertz CT molecular complexity index is 890. The second-order valence-corrected chi connectivity index (χ2v) is 9.32. The van der Waals surface area contributed by atoms with Gasteiger partial charge in [0.25, 0.3) is 0 Å². The van der Waals surface area contributed by atoms with E-state index in [4.69, 9.17) is 14.2 Å². The average Bonchev–Trinajstić information content (AvgIpc) is 2.96. The van der Waals surface area contributed by atoms with E-state index in [1.54, 1.807) is 6.07 Å². The fourth-order valence-corrected chi connectivity index (χ4v) is 6.46. The zero-order chi connectivity index (χ0) is 21.6. The summed E-state index contributed by atoms with van der Waals surface area (Å²) in [7, 11) is 0. The van der Waals surface area contributed by atoms with Crippen LogP contribution < -0.4 is 9.47 Å². The standard InChI is InChI=1S/C24H30O6/c1-13(25)28-17-11-16-5-6-18-19(23(16)21(12-17)29-14(2)26)9-10-24(4)20(18)7-8-22(24)30-15(3)27/h11-12,18-20,22H,5-10H2,1-4H3/t18-,19+,20+,22?,24+/m1/s1. The largest absolute Gasteiger partial charge is 0.462 e. The molecule has 0 aromatic heterocycles. The third kappa shape index (κ3) is 3.61. The molecule has 0 aliphatic heterocycles. The molecule has 1 unspecified atom stereocenters.